The van der Waals surface area contributed by atoms with E-state index in [1.165, 1.54) is 25.1 Å². The number of aromatic hydroxyl groups is 1. The van der Waals surface area contributed by atoms with Gasteiger partial charge in [-0.25, -0.2) is 4.79 Å². The summed E-state index contributed by atoms with van der Waals surface area (Å²) in [7, 11) is 0. The van der Waals surface area contributed by atoms with Crippen LogP contribution in [0.5, 0.6) is 17.2 Å². The SMILES string of the molecule is CCCc1c(OCC(O)COc2ccc3c(=O)cc(C=CC(=O)O)oc3c2CCC)ccc(C(C)=O)c1O. The highest BCUT2D eigenvalue weighted by Gasteiger charge is 2.18. The van der Waals surface area contributed by atoms with E-state index >= 15 is 0 Å². The van der Waals surface area contributed by atoms with Crippen LogP contribution in [0.2, 0.25) is 0 Å². The Kier molecular flexibility index (Phi) is 9.67. The molecule has 0 aliphatic rings. The number of aryl methyl sites for hydroxylation is 1. The smallest absolute Gasteiger partial charge is 0.328 e. The molecule has 0 saturated heterocycles. The summed E-state index contributed by atoms with van der Waals surface area (Å²) in [4.78, 5) is 35.2. The van der Waals surface area contributed by atoms with Gasteiger partial charge in [0.25, 0.3) is 0 Å². The van der Waals surface area contributed by atoms with Crippen molar-refractivity contribution in [2.24, 2.45) is 0 Å². The first-order chi connectivity index (χ1) is 18.2. The number of aliphatic hydroxyl groups excluding tert-OH is 1. The van der Waals surface area contributed by atoms with E-state index in [-0.39, 0.29) is 41.5 Å². The van der Waals surface area contributed by atoms with Crippen molar-refractivity contribution in [3.8, 4) is 17.2 Å². The van der Waals surface area contributed by atoms with Crippen LogP contribution >= 0.6 is 0 Å². The number of carbonyl (C=O) groups is 2. The number of rotatable bonds is 13. The fraction of sp³-hybridized carbons (Fsp3) is 0.345. The molecule has 2 aromatic carbocycles. The highest BCUT2D eigenvalue weighted by molar-refractivity contribution is 5.97. The predicted octanol–water partition coefficient (Wildman–Crippen LogP) is 4.52. The summed E-state index contributed by atoms with van der Waals surface area (Å²) in [5, 5.41) is 30.3. The first-order valence-electron chi connectivity index (χ1n) is 12.5. The average Bonchev–Trinajstić information content (AvgIpc) is 2.87. The lowest BCUT2D eigenvalue weighted by Gasteiger charge is -2.18. The molecule has 0 radical (unpaired) electrons. The quantitative estimate of drug-likeness (QED) is 0.217. The molecule has 0 fully saturated rings. The number of Topliss-reactive ketones (excluding diaryl/α,β-unsaturated/α-hetero) is 1. The molecular formula is C29H32O9. The van der Waals surface area contributed by atoms with Gasteiger partial charge in [0, 0.05) is 23.3 Å². The number of hydrogen-bond donors (Lipinski definition) is 3. The molecular weight excluding hydrogens is 492 g/mol. The van der Waals surface area contributed by atoms with Crippen LogP contribution in [0, 0.1) is 0 Å². The molecule has 0 saturated carbocycles. The van der Waals surface area contributed by atoms with Gasteiger partial charge in [0.1, 0.15) is 47.9 Å². The fourth-order valence-corrected chi connectivity index (χ4v) is 4.08. The molecule has 38 heavy (non-hydrogen) atoms. The maximum atomic E-state index is 12.6. The standard InChI is InChI=1S/C29H32O9/c1-4-6-22-25(11-9-20(17(3)30)28(22)35)36-15-18(31)16-37-26-12-10-21-24(32)14-19(8-13-27(33)34)38-29(21)23(26)7-5-2/h8-14,18,31,35H,4-7,15-16H2,1-3H3,(H,33,34). The van der Waals surface area contributed by atoms with E-state index in [4.69, 9.17) is 19.0 Å². The van der Waals surface area contributed by atoms with Crippen molar-refractivity contribution in [1.82, 2.24) is 0 Å². The van der Waals surface area contributed by atoms with Gasteiger partial charge in [0.05, 0.1) is 10.9 Å². The number of carboxylic acids is 1. The van der Waals surface area contributed by atoms with Crippen molar-refractivity contribution >= 4 is 28.8 Å². The minimum absolute atomic E-state index is 0.106. The third-order valence-electron chi connectivity index (χ3n) is 5.85. The number of phenols is 1. The number of carboxylic acid groups (broad SMARTS) is 1. The lowest BCUT2D eigenvalue weighted by molar-refractivity contribution is -0.131. The number of aliphatic carboxylic acids is 1. The van der Waals surface area contributed by atoms with Gasteiger partial charge in [-0.3, -0.25) is 9.59 Å². The highest BCUT2D eigenvalue weighted by Crippen LogP contribution is 2.33. The topological polar surface area (TPSA) is 144 Å². The van der Waals surface area contributed by atoms with E-state index in [0.717, 1.165) is 18.9 Å². The molecule has 202 valence electrons. The lowest BCUT2D eigenvalue weighted by Crippen LogP contribution is -2.25. The van der Waals surface area contributed by atoms with E-state index in [1.807, 2.05) is 13.8 Å². The summed E-state index contributed by atoms with van der Waals surface area (Å²) in [6.45, 7) is 5.04. The normalized spacial score (nSPS) is 12.1. The third-order valence-corrected chi connectivity index (χ3v) is 5.85. The number of phenolic OH excluding ortho intramolecular Hbond substituents is 1. The first kappa shape index (κ1) is 28.5. The largest absolute Gasteiger partial charge is 0.507 e. The van der Waals surface area contributed by atoms with Crippen molar-refractivity contribution in [3.63, 3.8) is 0 Å². The predicted molar refractivity (Wildman–Crippen MR) is 142 cm³/mol. The zero-order valence-electron chi connectivity index (χ0n) is 21.7. The second-order valence-corrected chi connectivity index (χ2v) is 8.87. The molecule has 3 aromatic rings. The van der Waals surface area contributed by atoms with Crippen molar-refractivity contribution in [2.75, 3.05) is 13.2 Å². The molecule has 0 amide bonds. The number of carbonyl (C=O) groups excluding carboxylic acids is 1. The first-order valence-corrected chi connectivity index (χ1v) is 12.5. The van der Waals surface area contributed by atoms with Gasteiger partial charge in [-0.05, 0) is 50.1 Å². The minimum atomic E-state index is -1.17. The van der Waals surface area contributed by atoms with Crippen LogP contribution in [-0.4, -0.2) is 46.4 Å². The number of ether oxygens (including phenoxy) is 2. The van der Waals surface area contributed by atoms with Gasteiger partial charge >= 0.3 is 5.97 Å². The van der Waals surface area contributed by atoms with Crippen molar-refractivity contribution in [1.29, 1.82) is 0 Å². The Labute approximate surface area is 219 Å². The number of hydrogen-bond acceptors (Lipinski definition) is 8. The summed E-state index contributed by atoms with van der Waals surface area (Å²) in [6.07, 6.45) is 3.54. The molecule has 9 heteroatoms. The zero-order chi connectivity index (χ0) is 27.8. The number of ketones is 1. The van der Waals surface area contributed by atoms with Crippen LogP contribution in [0.15, 0.2) is 45.6 Å². The van der Waals surface area contributed by atoms with Gasteiger partial charge in [0.2, 0.25) is 0 Å². The van der Waals surface area contributed by atoms with Crippen LogP contribution in [-0.2, 0) is 17.6 Å². The number of aliphatic hydroxyl groups is 1. The Morgan fingerprint density at radius 1 is 1.00 bits per heavy atom. The van der Waals surface area contributed by atoms with Crippen LogP contribution in [0.1, 0.15) is 60.9 Å². The highest BCUT2D eigenvalue weighted by atomic mass is 16.5. The summed E-state index contributed by atoms with van der Waals surface area (Å²) in [5.41, 5.74) is 1.36. The third kappa shape index (κ3) is 6.80. The van der Waals surface area contributed by atoms with Gasteiger partial charge in [0.15, 0.2) is 11.2 Å². The van der Waals surface area contributed by atoms with Gasteiger partial charge < -0.3 is 29.2 Å². The van der Waals surface area contributed by atoms with Crippen LogP contribution in [0.25, 0.3) is 17.0 Å². The summed E-state index contributed by atoms with van der Waals surface area (Å²) in [5.74, 6) is -0.608. The van der Waals surface area contributed by atoms with E-state index < -0.39 is 12.1 Å². The molecule has 0 spiro atoms. The Morgan fingerprint density at radius 3 is 2.21 bits per heavy atom. The van der Waals surface area contributed by atoms with Gasteiger partial charge in [-0.15, -0.1) is 0 Å². The summed E-state index contributed by atoms with van der Waals surface area (Å²) >= 11 is 0. The molecule has 1 aromatic heterocycles. The average molecular weight is 525 g/mol. The summed E-state index contributed by atoms with van der Waals surface area (Å²) < 4.78 is 17.5. The van der Waals surface area contributed by atoms with Crippen molar-refractivity contribution in [2.45, 2.75) is 52.6 Å². The molecule has 1 heterocycles. The Bertz CT molecular complexity index is 1400. The Balaban J connectivity index is 1.79. The maximum Gasteiger partial charge on any atom is 0.328 e. The molecule has 3 N–H and O–H groups in total. The lowest BCUT2D eigenvalue weighted by atomic mass is 10.0. The number of fused-ring (bicyclic) bond motifs is 1. The van der Waals surface area contributed by atoms with E-state index in [9.17, 15) is 24.6 Å². The maximum absolute atomic E-state index is 12.6. The second-order valence-electron chi connectivity index (χ2n) is 8.87. The second kappa shape index (κ2) is 12.9. The molecule has 3 rings (SSSR count). The van der Waals surface area contributed by atoms with Gasteiger partial charge in [-0.2, -0.15) is 0 Å². The Morgan fingerprint density at radius 2 is 1.61 bits per heavy atom. The van der Waals surface area contributed by atoms with Crippen LogP contribution < -0.4 is 14.9 Å². The molecule has 1 atom stereocenters. The Hall–Kier alpha value is -4.11. The van der Waals surface area contributed by atoms with E-state index in [2.05, 4.69) is 0 Å². The van der Waals surface area contributed by atoms with Crippen LogP contribution in [0.4, 0.5) is 0 Å². The van der Waals surface area contributed by atoms with Crippen LogP contribution in [0.3, 0.4) is 0 Å². The van der Waals surface area contributed by atoms with Gasteiger partial charge in [-0.1, -0.05) is 26.7 Å². The summed E-state index contributed by atoms with van der Waals surface area (Å²) in [6, 6.07) is 7.54. The molecule has 0 aliphatic heterocycles. The van der Waals surface area contributed by atoms with Crippen molar-refractivity contribution in [3.05, 3.63) is 69.1 Å². The number of benzene rings is 2. The monoisotopic (exact) mass is 524 g/mol. The van der Waals surface area contributed by atoms with E-state index in [1.54, 1.807) is 18.2 Å². The zero-order valence-corrected chi connectivity index (χ0v) is 21.7. The van der Waals surface area contributed by atoms with E-state index in [0.29, 0.717) is 46.4 Å². The molecule has 1 unspecified atom stereocenters. The molecule has 0 bridgehead atoms. The molecule has 0 aliphatic carbocycles. The molecule has 9 nitrogen and oxygen atoms in total. The fourth-order valence-electron chi connectivity index (χ4n) is 4.08. The van der Waals surface area contributed by atoms with Crippen molar-refractivity contribution < 1.29 is 38.8 Å². The minimum Gasteiger partial charge on any atom is -0.507 e.